The van der Waals surface area contributed by atoms with E-state index >= 15 is 0 Å². The molecule has 2 aromatic rings. The molecule has 0 amide bonds. The van der Waals surface area contributed by atoms with Gasteiger partial charge in [0.1, 0.15) is 5.69 Å². The van der Waals surface area contributed by atoms with Crippen LogP contribution in [-0.2, 0) is 0 Å². The molecule has 0 spiro atoms. The van der Waals surface area contributed by atoms with Crippen molar-refractivity contribution in [3.63, 3.8) is 0 Å². The van der Waals surface area contributed by atoms with Gasteiger partial charge in [0.15, 0.2) is 0 Å². The van der Waals surface area contributed by atoms with Gasteiger partial charge >= 0.3 is 0 Å². The molecule has 0 saturated heterocycles. The van der Waals surface area contributed by atoms with Crippen molar-refractivity contribution in [1.29, 1.82) is 0 Å². The van der Waals surface area contributed by atoms with Crippen molar-refractivity contribution >= 4 is 29.1 Å². The molecule has 0 aliphatic heterocycles. The first-order chi connectivity index (χ1) is 7.08. The third-order valence-electron chi connectivity index (χ3n) is 2.10. The molecule has 78 valence electrons. The molecular formula is C10H8Cl2N2O. The quantitative estimate of drug-likeness (QED) is 0.833. The van der Waals surface area contributed by atoms with Crippen molar-refractivity contribution in [2.75, 3.05) is 5.73 Å². The van der Waals surface area contributed by atoms with Crippen LogP contribution in [0.4, 0.5) is 5.88 Å². The Hall–Kier alpha value is -1.19. The maximum atomic E-state index is 5.89. The van der Waals surface area contributed by atoms with Crippen LogP contribution in [0.15, 0.2) is 22.7 Å². The highest BCUT2D eigenvalue weighted by molar-refractivity contribution is 6.35. The summed E-state index contributed by atoms with van der Waals surface area (Å²) in [4.78, 5) is 0. The summed E-state index contributed by atoms with van der Waals surface area (Å²) >= 11 is 11.8. The van der Waals surface area contributed by atoms with Crippen molar-refractivity contribution in [3.05, 3.63) is 33.8 Å². The molecule has 0 radical (unpaired) electrons. The molecule has 2 rings (SSSR count). The Morgan fingerprint density at radius 3 is 2.27 bits per heavy atom. The zero-order chi connectivity index (χ0) is 11.0. The van der Waals surface area contributed by atoms with Gasteiger partial charge in [0.25, 0.3) is 0 Å². The standard InChI is InChI=1S/C10H8Cl2N2O/c1-5-9(14-15-10(5)13)6-2-7(11)4-8(12)3-6/h2-4H,13H2,1H3. The Balaban J connectivity index is 2.58. The number of nitrogens with two attached hydrogens (primary N) is 1. The Labute approximate surface area is 96.8 Å². The fourth-order valence-electron chi connectivity index (χ4n) is 1.31. The number of benzene rings is 1. The number of anilines is 1. The third-order valence-corrected chi connectivity index (χ3v) is 2.53. The van der Waals surface area contributed by atoms with E-state index in [0.29, 0.717) is 21.6 Å². The summed E-state index contributed by atoms with van der Waals surface area (Å²) in [5.41, 5.74) is 7.80. The van der Waals surface area contributed by atoms with Gasteiger partial charge in [-0.2, -0.15) is 0 Å². The lowest BCUT2D eigenvalue weighted by Crippen LogP contribution is -1.85. The van der Waals surface area contributed by atoms with Gasteiger partial charge in [0.2, 0.25) is 5.88 Å². The SMILES string of the molecule is Cc1c(-c2cc(Cl)cc(Cl)c2)noc1N. The van der Waals surface area contributed by atoms with Gasteiger partial charge in [0.05, 0.1) is 0 Å². The van der Waals surface area contributed by atoms with Crippen LogP contribution < -0.4 is 5.73 Å². The Kier molecular flexibility index (Phi) is 2.59. The summed E-state index contributed by atoms with van der Waals surface area (Å²) in [7, 11) is 0. The monoisotopic (exact) mass is 242 g/mol. The number of aromatic nitrogens is 1. The van der Waals surface area contributed by atoms with Crippen LogP contribution in [0.2, 0.25) is 10.0 Å². The van der Waals surface area contributed by atoms with Gasteiger partial charge in [-0.25, -0.2) is 0 Å². The zero-order valence-corrected chi connectivity index (χ0v) is 9.43. The van der Waals surface area contributed by atoms with Crippen LogP contribution in [0, 0.1) is 6.92 Å². The summed E-state index contributed by atoms with van der Waals surface area (Å²) < 4.78 is 4.87. The molecule has 0 aliphatic carbocycles. The van der Waals surface area contributed by atoms with Gasteiger partial charge in [-0.1, -0.05) is 28.4 Å². The summed E-state index contributed by atoms with van der Waals surface area (Å²) in [6.07, 6.45) is 0. The van der Waals surface area contributed by atoms with Crippen LogP contribution >= 0.6 is 23.2 Å². The molecule has 3 nitrogen and oxygen atoms in total. The predicted octanol–water partition coefficient (Wildman–Crippen LogP) is 3.54. The molecule has 0 unspecified atom stereocenters. The first-order valence-electron chi connectivity index (χ1n) is 4.26. The first kappa shape index (κ1) is 10.3. The number of halogens is 2. The molecule has 2 N–H and O–H groups in total. The Morgan fingerprint density at radius 2 is 1.80 bits per heavy atom. The van der Waals surface area contributed by atoms with Crippen molar-refractivity contribution < 1.29 is 4.52 Å². The molecule has 0 saturated carbocycles. The zero-order valence-electron chi connectivity index (χ0n) is 7.92. The van der Waals surface area contributed by atoms with E-state index in [-0.39, 0.29) is 0 Å². The van der Waals surface area contributed by atoms with Gasteiger partial charge in [-0.15, -0.1) is 0 Å². The van der Waals surface area contributed by atoms with E-state index in [1.54, 1.807) is 18.2 Å². The van der Waals surface area contributed by atoms with Crippen LogP contribution in [0.5, 0.6) is 0 Å². The van der Waals surface area contributed by atoms with Gasteiger partial charge in [-0.3, -0.25) is 0 Å². The van der Waals surface area contributed by atoms with E-state index in [1.807, 2.05) is 6.92 Å². The second kappa shape index (κ2) is 3.76. The van der Waals surface area contributed by atoms with E-state index in [9.17, 15) is 0 Å². The third kappa shape index (κ3) is 1.94. The predicted molar refractivity (Wildman–Crippen MR) is 61.1 cm³/mol. The molecule has 1 aromatic carbocycles. The van der Waals surface area contributed by atoms with E-state index in [0.717, 1.165) is 11.1 Å². The van der Waals surface area contributed by atoms with E-state index in [4.69, 9.17) is 33.5 Å². The normalized spacial score (nSPS) is 10.6. The topological polar surface area (TPSA) is 52.0 Å². The Morgan fingerprint density at radius 1 is 1.20 bits per heavy atom. The summed E-state index contributed by atoms with van der Waals surface area (Å²) in [6.45, 7) is 1.83. The lowest BCUT2D eigenvalue weighted by atomic mass is 10.1. The van der Waals surface area contributed by atoms with Crippen LogP contribution in [-0.4, -0.2) is 5.16 Å². The van der Waals surface area contributed by atoms with E-state index in [2.05, 4.69) is 5.16 Å². The fraction of sp³-hybridized carbons (Fsp3) is 0.100. The molecule has 15 heavy (non-hydrogen) atoms. The van der Waals surface area contributed by atoms with Gasteiger partial charge < -0.3 is 10.3 Å². The lowest BCUT2D eigenvalue weighted by Gasteiger charge is -1.99. The van der Waals surface area contributed by atoms with E-state index in [1.165, 1.54) is 0 Å². The van der Waals surface area contributed by atoms with Crippen molar-refractivity contribution in [2.24, 2.45) is 0 Å². The molecule has 1 aromatic heterocycles. The number of rotatable bonds is 1. The Bertz CT molecular complexity index is 488. The fourth-order valence-corrected chi connectivity index (χ4v) is 1.83. The lowest BCUT2D eigenvalue weighted by molar-refractivity contribution is 0.439. The largest absolute Gasteiger partial charge is 0.367 e. The highest BCUT2D eigenvalue weighted by Gasteiger charge is 2.12. The number of nitrogens with zero attached hydrogens (tertiary/aromatic N) is 1. The molecule has 0 fully saturated rings. The molecule has 0 aliphatic rings. The first-order valence-corrected chi connectivity index (χ1v) is 5.01. The highest BCUT2D eigenvalue weighted by Crippen LogP contribution is 2.30. The average Bonchev–Trinajstić information content (AvgIpc) is 2.46. The van der Waals surface area contributed by atoms with Gasteiger partial charge in [0, 0.05) is 21.2 Å². The number of nitrogen functional groups attached to an aromatic ring is 1. The molecule has 0 atom stereocenters. The van der Waals surface area contributed by atoms with Crippen molar-refractivity contribution in [3.8, 4) is 11.3 Å². The molecular weight excluding hydrogens is 235 g/mol. The van der Waals surface area contributed by atoms with Crippen molar-refractivity contribution in [2.45, 2.75) is 6.92 Å². The minimum absolute atomic E-state index is 0.307. The summed E-state index contributed by atoms with van der Waals surface area (Å²) in [5.74, 6) is 0.307. The number of hydrogen-bond donors (Lipinski definition) is 1. The van der Waals surface area contributed by atoms with Crippen LogP contribution in [0.25, 0.3) is 11.3 Å². The van der Waals surface area contributed by atoms with Crippen LogP contribution in [0.3, 0.4) is 0 Å². The maximum Gasteiger partial charge on any atom is 0.225 e. The number of hydrogen-bond acceptors (Lipinski definition) is 3. The summed E-state index contributed by atoms with van der Waals surface area (Å²) in [6, 6.07) is 5.18. The molecule has 0 bridgehead atoms. The van der Waals surface area contributed by atoms with Crippen LogP contribution in [0.1, 0.15) is 5.56 Å². The average molecular weight is 243 g/mol. The second-order valence-electron chi connectivity index (χ2n) is 3.18. The van der Waals surface area contributed by atoms with E-state index < -0.39 is 0 Å². The summed E-state index contributed by atoms with van der Waals surface area (Å²) in [5, 5.41) is 4.96. The molecule has 1 heterocycles. The van der Waals surface area contributed by atoms with Gasteiger partial charge in [-0.05, 0) is 25.1 Å². The smallest absolute Gasteiger partial charge is 0.225 e. The highest BCUT2D eigenvalue weighted by atomic mass is 35.5. The minimum Gasteiger partial charge on any atom is -0.367 e. The van der Waals surface area contributed by atoms with Crippen molar-refractivity contribution in [1.82, 2.24) is 5.16 Å². The minimum atomic E-state index is 0.307. The second-order valence-corrected chi connectivity index (χ2v) is 4.05. The molecule has 5 heteroatoms. The maximum absolute atomic E-state index is 5.89.